The fourth-order valence-corrected chi connectivity index (χ4v) is 12.8. The molecule has 14 nitrogen and oxygen atoms in total. The van der Waals surface area contributed by atoms with Crippen molar-refractivity contribution in [2.24, 2.45) is 0 Å². The van der Waals surface area contributed by atoms with Crippen LogP contribution in [0.25, 0.3) is 41.6 Å². The molecule has 6 aromatic rings. The third-order valence-corrected chi connectivity index (χ3v) is 16.3. The number of thiophene rings is 2. The van der Waals surface area contributed by atoms with E-state index in [2.05, 4.69) is 47.2 Å². The van der Waals surface area contributed by atoms with E-state index in [9.17, 15) is 19.2 Å². The van der Waals surface area contributed by atoms with Crippen LogP contribution < -0.4 is 21.3 Å². The Morgan fingerprint density at radius 2 is 1.30 bits per heavy atom. The smallest absolute Gasteiger partial charge is 0.410 e. The van der Waals surface area contributed by atoms with E-state index in [1.54, 1.807) is 43.8 Å². The summed E-state index contributed by atoms with van der Waals surface area (Å²) in [7, 11) is 0. The molecule has 2 unspecified atom stereocenters. The van der Waals surface area contributed by atoms with Crippen molar-refractivity contribution in [3.8, 4) is 21.1 Å². The van der Waals surface area contributed by atoms with Crippen molar-refractivity contribution in [1.82, 2.24) is 30.4 Å². The molecule has 2 aliphatic heterocycles. The van der Waals surface area contributed by atoms with Crippen LogP contribution in [0.5, 0.6) is 0 Å². The van der Waals surface area contributed by atoms with Crippen molar-refractivity contribution >= 4 is 99.8 Å². The van der Waals surface area contributed by atoms with E-state index in [-0.39, 0.29) is 36.9 Å². The summed E-state index contributed by atoms with van der Waals surface area (Å²) in [6, 6.07) is 16.6. The molecule has 376 valence electrons. The standard InChI is InChI=1S/C31H42N4O5S2.C21H26N4OS2/c1-9-19(2)35(29(38)40-31(6,7)8)17-15-24(36)33-27-25(26-32-21-12-10-11-13-22(21)41-26)20-14-16-34(18-23(20)42-27)28(37)39-30(3,4)5;1-3-13(2)23-11-9-18(26)25-21-19(14-8-10-22-12-17(14)28-21)20-24-15-6-4-5-7-16(15)27-20/h10-13,19H,9,14-18H2,1-8H3,(H,33,36);4-7,13,22-23H,3,8-12H2,1-2H3,(H,25,26). The minimum absolute atomic E-state index is 0.0599. The highest BCUT2D eigenvalue weighted by atomic mass is 32.1. The van der Waals surface area contributed by atoms with E-state index in [1.807, 2.05) is 91.8 Å². The highest BCUT2D eigenvalue weighted by Crippen LogP contribution is 2.47. The highest BCUT2D eigenvalue weighted by Gasteiger charge is 2.33. The zero-order valence-corrected chi connectivity index (χ0v) is 45.4. The second kappa shape index (κ2) is 23.1. The number of nitrogens with zero attached hydrogens (tertiary/aromatic N) is 4. The van der Waals surface area contributed by atoms with E-state index < -0.39 is 17.3 Å². The minimum Gasteiger partial charge on any atom is -0.444 e. The van der Waals surface area contributed by atoms with Gasteiger partial charge in [-0.2, -0.15) is 0 Å². The van der Waals surface area contributed by atoms with Gasteiger partial charge in [-0.1, -0.05) is 38.1 Å². The molecule has 70 heavy (non-hydrogen) atoms. The topological polar surface area (TPSA) is 167 Å². The van der Waals surface area contributed by atoms with Gasteiger partial charge in [0.2, 0.25) is 11.8 Å². The molecule has 0 bridgehead atoms. The number of rotatable bonds is 14. The van der Waals surface area contributed by atoms with Gasteiger partial charge in [-0.15, -0.1) is 45.3 Å². The molecule has 6 heterocycles. The number of carbonyl (C=O) groups excluding carboxylic acids is 4. The van der Waals surface area contributed by atoms with E-state index in [4.69, 9.17) is 19.4 Å². The van der Waals surface area contributed by atoms with Gasteiger partial charge in [-0.05, 0) is 123 Å². The molecule has 2 aliphatic rings. The van der Waals surface area contributed by atoms with Crippen molar-refractivity contribution in [2.75, 3.05) is 36.8 Å². The summed E-state index contributed by atoms with van der Waals surface area (Å²) in [6.45, 7) is 23.0. The van der Waals surface area contributed by atoms with Gasteiger partial charge in [0.05, 0.1) is 27.0 Å². The van der Waals surface area contributed by atoms with Crippen molar-refractivity contribution in [3.05, 3.63) is 69.4 Å². The predicted molar refractivity (Wildman–Crippen MR) is 289 cm³/mol. The lowest BCUT2D eigenvalue weighted by Crippen LogP contribution is -2.43. The molecule has 0 fully saturated rings. The molecule has 2 atom stereocenters. The first kappa shape index (κ1) is 52.8. The number of hydrogen-bond acceptors (Lipinski definition) is 14. The minimum atomic E-state index is -0.625. The molecule has 0 saturated heterocycles. The number of aromatic nitrogens is 2. The molecule has 2 aromatic carbocycles. The summed E-state index contributed by atoms with van der Waals surface area (Å²) in [5.74, 6) is -0.137. The molecule has 0 aliphatic carbocycles. The SMILES string of the molecule is CCC(C)N(CCC(=O)Nc1sc2c(c1-c1nc3ccccc3s1)CCN(C(=O)OC(C)(C)C)C2)C(=O)OC(C)(C)C.CCC(C)NCCC(=O)Nc1sc2c(c1-c1nc3ccccc3s1)CCNC2. The van der Waals surface area contributed by atoms with Gasteiger partial charge in [0.25, 0.3) is 0 Å². The zero-order chi connectivity index (χ0) is 50.3. The molecule has 4 amide bonds. The van der Waals surface area contributed by atoms with E-state index in [1.165, 1.54) is 26.5 Å². The Morgan fingerprint density at radius 1 is 0.743 bits per heavy atom. The van der Waals surface area contributed by atoms with Crippen LogP contribution in [0.1, 0.15) is 116 Å². The molecular formula is C52H68N8O6S4. The van der Waals surface area contributed by atoms with Crippen molar-refractivity contribution < 1.29 is 28.7 Å². The van der Waals surface area contributed by atoms with E-state index in [0.29, 0.717) is 43.5 Å². The van der Waals surface area contributed by atoms with Crippen molar-refractivity contribution in [3.63, 3.8) is 0 Å². The van der Waals surface area contributed by atoms with Crippen LogP contribution in [0.15, 0.2) is 48.5 Å². The molecule has 0 spiro atoms. The van der Waals surface area contributed by atoms with Gasteiger partial charge >= 0.3 is 12.2 Å². The van der Waals surface area contributed by atoms with Crippen LogP contribution in [-0.4, -0.2) is 93.2 Å². The summed E-state index contributed by atoms with van der Waals surface area (Å²) in [4.78, 5) is 67.1. The Hall–Kier alpha value is -4.98. The van der Waals surface area contributed by atoms with Gasteiger partial charge < -0.3 is 40.5 Å². The number of hydrogen-bond donors (Lipinski definition) is 4. The van der Waals surface area contributed by atoms with Crippen LogP contribution >= 0.6 is 45.3 Å². The zero-order valence-electron chi connectivity index (χ0n) is 42.1. The van der Waals surface area contributed by atoms with Gasteiger partial charge in [0.1, 0.15) is 31.2 Å². The van der Waals surface area contributed by atoms with Gasteiger partial charge in [-0.25, -0.2) is 19.6 Å². The number of fused-ring (bicyclic) bond motifs is 4. The van der Waals surface area contributed by atoms with Crippen LogP contribution in [0.4, 0.5) is 19.6 Å². The molecule has 0 saturated carbocycles. The maximum Gasteiger partial charge on any atom is 0.410 e. The molecule has 4 aromatic heterocycles. The van der Waals surface area contributed by atoms with Crippen LogP contribution in [0.3, 0.4) is 0 Å². The lowest BCUT2D eigenvalue weighted by atomic mass is 10.0. The lowest BCUT2D eigenvalue weighted by molar-refractivity contribution is -0.117. The molecule has 8 rings (SSSR count). The van der Waals surface area contributed by atoms with Gasteiger partial charge in [-0.3, -0.25) is 9.59 Å². The average molecular weight is 1030 g/mol. The largest absolute Gasteiger partial charge is 0.444 e. The predicted octanol–water partition coefficient (Wildman–Crippen LogP) is 12.1. The number of carbonyl (C=O) groups is 4. The van der Waals surface area contributed by atoms with E-state index >= 15 is 0 Å². The van der Waals surface area contributed by atoms with Crippen LogP contribution in [0.2, 0.25) is 0 Å². The Morgan fingerprint density at radius 3 is 1.86 bits per heavy atom. The Labute approximate surface area is 428 Å². The quantitative estimate of drug-likeness (QED) is 0.0824. The normalized spacial score (nSPS) is 14.5. The van der Waals surface area contributed by atoms with Crippen LogP contribution in [-0.2, 0) is 45.0 Å². The van der Waals surface area contributed by atoms with Crippen LogP contribution in [0, 0.1) is 0 Å². The first-order valence-electron chi connectivity index (χ1n) is 24.3. The Bertz CT molecular complexity index is 2730. The van der Waals surface area contributed by atoms with Gasteiger partial charge in [0.15, 0.2) is 0 Å². The summed E-state index contributed by atoms with van der Waals surface area (Å²) in [5, 5.41) is 16.6. The number of para-hydroxylation sites is 2. The number of amides is 4. The number of ether oxygens (including phenoxy) is 2. The molecular weight excluding hydrogens is 961 g/mol. The lowest BCUT2D eigenvalue weighted by Gasteiger charge is -2.31. The second-order valence-corrected chi connectivity index (χ2v) is 24.0. The molecule has 0 radical (unpaired) electrons. The molecule has 4 N–H and O–H groups in total. The third-order valence-electron chi connectivity index (χ3n) is 11.9. The highest BCUT2D eigenvalue weighted by molar-refractivity contribution is 7.23. The summed E-state index contributed by atoms with van der Waals surface area (Å²) in [5.41, 5.74) is 5.21. The number of anilines is 2. The first-order chi connectivity index (χ1) is 33.3. The second-order valence-electron chi connectivity index (χ2n) is 19.8. The Kier molecular flexibility index (Phi) is 17.4. The summed E-state index contributed by atoms with van der Waals surface area (Å²) < 4.78 is 13.5. The fourth-order valence-electron chi connectivity index (χ4n) is 8.02. The van der Waals surface area contributed by atoms with Crippen molar-refractivity contribution in [2.45, 2.75) is 144 Å². The van der Waals surface area contributed by atoms with Crippen molar-refractivity contribution in [1.29, 1.82) is 0 Å². The number of nitrogens with one attached hydrogen (secondary N) is 4. The number of benzene rings is 2. The molecule has 18 heteroatoms. The summed E-state index contributed by atoms with van der Waals surface area (Å²) >= 11 is 6.46. The number of thiazole rings is 2. The van der Waals surface area contributed by atoms with E-state index in [0.717, 1.165) is 84.7 Å². The third kappa shape index (κ3) is 13.5. The monoisotopic (exact) mass is 1030 g/mol. The fraction of sp³-hybridized carbons (Fsp3) is 0.500. The maximum atomic E-state index is 13.3. The maximum absolute atomic E-state index is 13.3. The summed E-state index contributed by atoms with van der Waals surface area (Å²) in [6.07, 6.45) is 3.24. The van der Waals surface area contributed by atoms with Gasteiger partial charge in [0, 0.05) is 72.0 Å². The first-order valence-corrected chi connectivity index (χ1v) is 27.6. The average Bonchev–Trinajstić information content (AvgIpc) is 4.09. The Balaban J connectivity index is 0.000000223.